The van der Waals surface area contributed by atoms with Crippen LogP contribution >= 0.6 is 64.6 Å². The van der Waals surface area contributed by atoms with E-state index in [0.29, 0.717) is 35.3 Å². The van der Waals surface area contributed by atoms with E-state index in [9.17, 15) is 68.0 Å². The van der Waals surface area contributed by atoms with Crippen LogP contribution in [0.1, 0.15) is 81.5 Å². The minimum absolute atomic E-state index is 0. The molecule has 6 aromatic rings. The van der Waals surface area contributed by atoms with E-state index in [4.69, 9.17) is 58.2 Å². The Morgan fingerprint density at radius 2 is 0.643 bits per heavy atom. The Morgan fingerprint density at radius 1 is 0.408 bits per heavy atom. The third kappa shape index (κ3) is 26.0. The molecule has 0 aliphatic carbocycles. The lowest BCUT2D eigenvalue weighted by atomic mass is 9.81. The Hall–Kier alpha value is -4.58. The van der Waals surface area contributed by atoms with Gasteiger partial charge in [0.15, 0.2) is 0 Å². The van der Waals surface area contributed by atoms with Crippen LogP contribution in [0.25, 0.3) is 0 Å². The molecule has 0 spiro atoms. The minimum Gasteiger partial charge on any atom is -0.406 e. The van der Waals surface area contributed by atoms with Gasteiger partial charge in [-0.2, -0.15) is 78.6 Å². The molecule has 534 valence electrons. The zero-order chi connectivity index (χ0) is 69.1. The maximum Gasteiger partial charge on any atom is 0.573 e. The number of rotatable bonds is 23. The predicted octanol–water partition coefficient (Wildman–Crippen LogP) is 9.99. The second kappa shape index (κ2) is 40.3. The van der Waals surface area contributed by atoms with E-state index in [1.165, 1.54) is 48.5 Å². The first kappa shape index (κ1) is 85.8. The number of nitrogens with two attached hydrogens (primary N) is 2. The van der Waals surface area contributed by atoms with Crippen molar-refractivity contribution in [1.29, 1.82) is 0 Å². The van der Waals surface area contributed by atoms with E-state index in [1.807, 2.05) is 48.5 Å². The molecule has 3 unspecified atom stereocenters. The molecule has 3 saturated heterocycles. The van der Waals surface area contributed by atoms with Crippen LogP contribution in [-0.2, 0) is 45.2 Å². The van der Waals surface area contributed by atoms with Gasteiger partial charge in [-0.1, -0.05) is 72.8 Å². The SMILES string of the molecule is S.S.S.[B]CN[C@@H]1CO[C@H](C(c2ccc(C(F)(F)F)cc2)c2ccc(C(F)(F)F)cc2)CC1O.[B]CN[C@@H]1CO[C@H](C(c2ccc(OC(F)(F)F)cc2)c2ccc(OC(F)(F)F)cc2)CC1O.[B]CN[C@@H]1CO[C@H](C(c2ccc(SOON)cc2)c2ccc(SOON)cc2)CC1O. The summed E-state index contributed by atoms with van der Waals surface area (Å²) in [6, 6.07) is 33.5. The molecule has 98 heavy (non-hydrogen) atoms. The quantitative estimate of drug-likeness (QED) is 0.00980. The topological polar surface area (TPSA) is 232 Å². The van der Waals surface area contributed by atoms with Gasteiger partial charge in [0.25, 0.3) is 0 Å². The van der Waals surface area contributed by atoms with Gasteiger partial charge in [0.1, 0.15) is 11.5 Å². The van der Waals surface area contributed by atoms with Gasteiger partial charge in [-0.05, 0) is 126 Å². The lowest BCUT2D eigenvalue weighted by Gasteiger charge is -2.38. The van der Waals surface area contributed by atoms with Crippen LogP contribution in [-0.4, -0.2) is 145 Å². The molecular weight excluding hydrogens is 1420 g/mol. The zero-order valence-corrected chi connectivity index (χ0v) is 56.0. The fraction of sp³-hybridized carbons (Fsp3) is 0.410. The Balaban J connectivity index is 0.000000308. The summed E-state index contributed by atoms with van der Waals surface area (Å²) < 4.78 is 188. The molecule has 3 heterocycles. The predicted molar refractivity (Wildman–Crippen MR) is 357 cm³/mol. The first-order chi connectivity index (χ1) is 45.1. The number of alkyl halides is 12. The third-order valence-corrected chi connectivity index (χ3v) is 16.7. The summed E-state index contributed by atoms with van der Waals surface area (Å²) in [6.45, 7) is 0.579. The number of aliphatic hydroxyl groups excluding tert-OH is 3. The van der Waals surface area contributed by atoms with Gasteiger partial charge in [0, 0.05) is 46.8 Å². The van der Waals surface area contributed by atoms with E-state index in [1.54, 1.807) is 0 Å². The van der Waals surface area contributed by atoms with Crippen molar-refractivity contribution >= 4 is 88.1 Å². The number of hydrogen-bond donors (Lipinski definition) is 8. The van der Waals surface area contributed by atoms with E-state index >= 15 is 0 Å². The van der Waals surface area contributed by atoms with Crippen molar-refractivity contribution in [3.63, 3.8) is 0 Å². The maximum absolute atomic E-state index is 12.9. The first-order valence-electron chi connectivity index (χ1n) is 29.0. The van der Waals surface area contributed by atoms with Gasteiger partial charge in [0.2, 0.25) is 0 Å². The van der Waals surface area contributed by atoms with Gasteiger partial charge in [0.05, 0.1) is 133 Å². The molecule has 6 radical (unpaired) electrons. The van der Waals surface area contributed by atoms with E-state index in [-0.39, 0.29) is 104 Å². The Kier molecular flexibility index (Phi) is 35.3. The van der Waals surface area contributed by atoms with E-state index in [0.717, 1.165) is 93.5 Å². The number of aliphatic hydroxyl groups is 3. The molecule has 0 amide bonds. The fourth-order valence-electron chi connectivity index (χ4n) is 11.1. The second-order valence-electron chi connectivity index (χ2n) is 21.6. The van der Waals surface area contributed by atoms with Gasteiger partial charge < -0.3 is 55.0 Å². The smallest absolute Gasteiger partial charge is 0.406 e. The fourth-order valence-corrected chi connectivity index (χ4v) is 11.8. The van der Waals surface area contributed by atoms with E-state index < -0.39 is 102 Å². The normalized spacial score (nSPS) is 21.3. The standard InChI is InChI=1S/C21H20BF6NO4.C21H20BF6NO2.C19H24BN3O6S2.3H2S/c22-11-29-16-10-31-18(9-17(16)30)19(12-1-5-14(6-2-12)32-20(23,24)25)13-3-7-15(8-4-13)33-21(26,27)28;22-11-29-16-10-31-18(9-17(16)30)19(12-1-5-14(6-2-12)20(23,24)25)13-3-7-15(8-4-13)21(26,27)28;20-11-23-16-10-25-18(9-17(16)24)19(12-1-5-14(6-2-12)30-28-26-21)13-3-7-15(8-4-13)31-29-27-22;;;/h1-8,16-19,29-30H,9-11H2;1-8,16-19,29-30H,9-11H2;1-8,16-19,23-24H,9-11,21-22H2;3*1H2/t3*16-,17?,18+;;;/m111.../s1. The molecule has 3 aliphatic rings. The summed E-state index contributed by atoms with van der Waals surface area (Å²) in [6.07, 6.45) is -21.2. The molecule has 0 aromatic heterocycles. The van der Waals surface area contributed by atoms with Gasteiger partial charge in [-0.15, -0.1) is 45.0 Å². The molecule has 9 atom stereocenters. The Bertz CT molecular complexity index is 3070. The molecule has 10 N–H and O–H groups in total. The highest BCUT2D eigenvalue weighted by molar-refractivity contribution is 7.94. The summed E-state index contributed by atoms with van der Waals surface area (Å²) in [7, 11) is 16.4. The molecule has 9 rings (SSSR count). The maximum atomic E-state index is 12.9. The molecule has 17 nitrogen and oxygen atoms in total. The molecule has 0 bridgehead atoms. The molecule has 37 heteroatoms. The highest BCUT2D eigenvalue weighted by atomic mass is 32.2. The van der Waals surface area contributed by atoms with Crippen molar-refractivity contribution in [2.24, 2.45) is 11.8 Å². The molecule has 6 aromatic carbocycles. The molecule has 3 aliphatic heterocycles. The largest absolute Gasteiger partial charge is 0.573 e. The number of hydrogen-bond acceptors (Lipinski definition) is 19. The lowest BCUT2D eigenvalue weighted by molar-refractivity contribution is -0.275. The number of benzene rings is 6. The van der Waals surface area contributed by atoms with Gasteiger partial charge in [-0.3, -0.25) is 0 Å². The highest BCUT2D eigenvalue weighted by Gasteiger charge is 2.41. The zero-order valence-electron chi connectivity index (χ0n) is 51.4. The lowest BCUT2D eigenvalue weighted by Crippen LogP contribution is -2.51. The average Bonchev–Trinajstić information content (AvgIpc) is 0.806. The Labute approximate surface area is 590 Å². The van der Waals surface area contributed by atoms with Crippen LogP contribution in [0.3, 0.4) is 0 Å². The van der Waals surface area contributed by atoms with Crippen LogP contribution in [0.15, 0.2) is 155 Å². The number of halogens is 12. The molecule has 3 fully saturated rings. The first-order valence-corrected chi connectivity index (χ1v) is 30.4. The van der Waals surface area contributed by atoms with Crippen molar-refractivity contribution < 1.29 is 110 Å². The van der Waals surface area contributed by atoms with Gasteiger partial charge >= 0.3 is 25.1 Å². The van der Waals surface area contributed by atoms with Crippen molar-refractivity contribution in [3.05, 3.63) is 190 Å². The van der Waals surface area contributed by atoms with Crippen LogP contribution in [0, 0.1) is 0 Å². The van der Waals surface area contributed by atoms with Crippen LogP contribution in [0.4, 0.5) is 52.7 Å². The molecule has 0 saturated carbocycles. The summed E-state index contributed by atoms with van der Waals surface area (Å²) in [5, 5.41) is 40.3. The van der Waals surface area contributed by atoms with Crippen molar-refractivity contribution in [3.8, 4) is 11.5 Å². The number of nitrogens with one attached hydrogen (secondary N) is 3. The summed E-state index contributed by atoms with van der Waals surface area (Å²) >= 11 is 2.02. The van der Waals surface area contributed by atoms with E-state index in [2.05, 4.69) is 35.4 Å². The minimum atomic E-state index is -4.85. The third-order valence-electron chi connectivity index (χ3n) is 15.5. The van der Waals surface area contributed by atoms with Crippen LogP contribution < -0.4 is 37.2 Å². The highest BCUT2D eigenvalue weighted by Crippen LogP contribution is 2.42. The monoisotopic (exact) mass is 1490 g/mol. The Morgan fingerprint density at radius 3 is 0.847 bits per heavy atom. The molecular formula is C61H70B3F12N5O12S5. The average molecular weight is 1490 g/mol. The summed E-state index contributed by atoms with van der Waals surface area (Å²) in [4.78, 5) is 9.94. The van der Waals surface area contributed by atoms with Crippen molar-refractivity contribution in [2.75, 3.05) is 39.2 Å². The van der Waals surface area contributed by atoms with Crippen LogP contribution in [0.2, 0.25) is 0 Å². The van der Waals surface area contributed by atoms with Crippen LogP contribution in [0.5, 0.6) is 11.5 Å². The number of ether oxygens (including phenoxy) is 5. The second-order valence-corrected chi connectivity index (χ2v) is 23.2. The van der Waals surface area contributed by atoms with Gasteiger partial charge in [-0.25, -0.2) is 0 Å². The summed E-state index contributed by atoms with van der Waals surface area (Å²) in [5.41, 5.74) is 2.32. The summed E-state index contributed by atoms with van der Waals surface area (Å²) in [5.74, 6) is 7.57. The van der Waals surface area contributed by atoms with Crippen molar-refractivity contribution in [1.82, 2.24) is 16.0 Å². The van der Waals surface area contributed by atoms with Crippen molar-refractivity contribution in [2.45, 2.75) is 127 Å².